The summed E-state index contributed by atoms with van der Waals surface area (Å²) in [6.07, 6.45) is 3.69. The molecule has 1 rings (SSSR count). The van der Waals surface area contributed by atoms with E-state index in [1.807, 2.05) is 13.8 Å². The minimum atomic E-state index is -0.679. The van der Waals surface area contributed by atoms with Gasteiger partial charge in [0, 0.05) is 13.6 Å². The van der Waals surface area contributed by atoms with Crippen molar-refractivity contribution in [3.8, 4) is 0 Å². The van der Waals surface area contributed by atoms with Crippen molar-refractivity contribution >= 4 is 5.91 Å². The molecule has 4 nitrogen and oxygen atoms in total. The summed E-state index contributed by atoms with van der Waals surface area (Å²) >= 11 is 0. The van der Waals surface area contributed by atoms with Crippen LogP contribution in [0, 0.1) is 5.92 Å². The van der Waals surface area contributed by atoms with Gasteiger partial charge < -0.3 is 15.7 Å². The van der Waals surface area contributed by atoms with Crippen molar-refractivity contribution in [2.24, 2.45) is 11.7 Å². The first-order valence-corrected chi connectivity index (χ1v) is 6.09. The summed E-state index contributed by atoms with van der Waals surface area (Å²) in [4.78, 5) is 13.5. The Balaban J connectivity index is 2.51. The van der Waals surface area contributed by atoms with E-state index in [0.29, 0.717) is 6.54 Å². The van der Waals surface area contributed by atoms with E-state index in [9.17, 15) is 9.90 Å². The highest BCUT2D eigenvalue weighted by molar-refractivity contribution is 5.81. The zero-order chi connectivity index (χ0) is 12.3. The number of carbonyl (C=O) groups is 1. The summed E-state index contributed by atoms with van der Waals surface area (Å²) < 4.78 is 0. The standard InChI is InChI=1S/C12H24N2O2/c1-9(2)10(13)11(15)14(3)8-12(16)6-4-5-7-12/h9-10,16H,4-8,13H2,1-3H3/t10-/m1/s1. The van der Waals surface area contributed by atoms with Crippen LogP contribution >= 0.6 is 0 Å². The molecule has 0 heterocycles. The number of nitrogens with two attached hydrogens (primary N) is 1. The van der Waals surface area contributed by atoms with Gasteiger partial charge in [-0.2, -0.15) is 0 Å². The molecule has 0 bridgehead atoms. The quantitative estimate of drug-likeness (QED) is 0.745. The van der Waals surface area contributed by atoms with E-state index in [-0.39, 0.29) is 11.8 Å². The average Bonchev–Trinajstić information content (AvgIpc) is 2.62. The minimum absolute atomic E-state index is 0.0738. The van der Waals surface area contributed by atoms with Crippen LogP contribution in [0.5, 0.6) is 0 Å². The van der Waals surface area contributed by atoms with Gasteiger partial charge in [0.05, 0.1) is 11.6 Å². The molecule has 1 aliphatic carbocycles. The second kappa shape index (κ2) is 5.15. The van der Waals surface area contributed by atoms with Crippen molar-refractivity contribution in [3.63, 3.8) is 0 Å². The first-order valence-electron chi connectivity index (χ1n) is 6.09. The second-order valence-corrected chi connectivity index (χ2v) is 5.40. The first-order chi connectivity index (χ1) is 7.36. The molecule has 1 fully saturated rings. The van der Waals surface area contributed by atoms with Crippen LogP contribution in [-0.4, -0.2) is 41.1 Å². The molecule has 1 amide bonds. The van der Waals surface area contributed by atoms with Gasteiger partial charge in [-0.1, -0.05) is 26.7 Å². The molecule has 0 spiro atoms. The average molecular weight is 228 g/mol. The molecule has 1 aliphatic rings. The largest absolute Gasteiger partial charge is 0.388 e. The third kappa shape index (κ3) is 3.19. The molecule has 94 valence electrons. The summed E-state index contributed by atoms with van der Waals surface area (Å²) in [6.45, 7) is 4.27. The van der Waals surface area contributed by atoms with Gasteiger partial charge in [0.1, 0.15) is 0 Å². The molecule has 0 saturated heterocycles. The molecule has 4 heteroatoms. The van der Waals surface area contributed by atoms with E-state index >= 15 is 0 Å². The molecule has 1 saturated carbocycles. The van der Waals surface area contributed by atoms with Crippen molar-refractivity contribution < 1.29 is 9.90 Å². The van der Waals surface area contributed by atoms with Gasteiger partial charge in [0.15, 0.2) is 0 Å². The summed E-state index contributed by atoms with van der Waals surface area (Å²) in [5.74, 6) is 0.0588. The van der Waals surface area contributed by atoms with Crippen molar-refractivity contribution in [3.05, 3.63) is 0 Å². The summed E-state index contributed by atoms with van der Waals surface area (Å²) in [7, 11) is 1.72. The predicted octanol–water partition coefficient (Wildman–Crippen LogP) is 0.733. The first kappa shape index (κ1) is 13.5. The van der Waals surface area contributed by atoms with Crippen LogP contribution in [0.4, 0.5) is 0 Å². The Morgan fingerprint density at radius 1 is 1.44 bits per heavy atom. The van der Waals surface area contributed by atoms with Gasteiger partial charge in [0.25, 0.3) is 0 Å². The lowest BCUT2D eigenvalue weighted by atomic mass is 10.00. The molecular weight excluding hydrogens is 204 g/mol. The van der Waals surface area contributed by atoms with E-state index in [4.69, 9.17) is 5.73 Å². The maximum atomic E-state index is 11.9. The molecule has 0 aliphatic heterocycles. The molecule has 1 atom stereocenters. The van der Waals surface area contributed by atoms with Gasteiger partial charge in [-0.05, 0) is 18.8 Å². The smallest absolute Gasteiger partial charge is 0.239 e. The highest BCUT2D eigenvalue weighted by atomic mass is 16.3. The lowest BCUT2D eigenvalue weighted by Crippen LogP contribution is -2.49. The van der Waals surface area contributed by atoms with E-state index in [0.717, 1.165) is 25.7 Å². The Labute approximate surface area is 97.8 Å². The van der Waals surface area contributed by atoms with E-state index in [1.165, 1.54) is 0 Å². The molecule has 0 aromatic carbocycles. The molecule has 3 N–H and O–H groups in total. The topological polar surface area (TPSA) is 66.6 Å². The van der Waals surface area contributed by atoms with E-state index in [2.05, 4.69) is 0 Å². The van der Waals surface area contributed by atoms with Crippen LogP contribution < -0.4 is 5.73 Å². The Morgan fingerprint density at radius 2 is 1.94 bits per heavy atom. The Hall–Kier alpha value is -0.610. The molecule has 0 radical (unpaired) electrons. The fourth-order valence-electron chi connectivity index (χ4n) is 2.25. The van der Waals surface area contributed by atoms with Gasteiger partial charge in [-0.15, -0.1) is 0 Å². The number of hydrogen-bond acceptors (Lipinski definition) is 3. The van der Waals surface area contributed by atoms with Crippen molar-refractivity contribution in [1.29, 1.82) is 0 Å². The fourth-order valence-corrected chi connectivity index (χ4v) is 2.25. The predicted molar refractivity (Wildman–Crippen MR) is 63.9 cm³/mol. The zero-order valence-corrected chi connectivity index (χ0v) is 10.6. The van der Waals surface area contributed by atoms with E-state index < -0.39 is 11.6 Å². The molecule has 16 heavy (non-hydrogen) atoms. The number of likely N-dealkylation sites (N-methyl/N-ethyl adjacent to an activating group) is 1. The van der Waals surface area contributed by atoms with Crippen LogP contribution in [0.1, 0.15) is 39.5 Å². The number of amides is 1. The van der Waals surface area contributed by atoms with Crippen LogP contribution in [0.15, 0.2) is 0 Å². The highest BCUT2D eigenvalue weighted by Crippen LogP contribution is 2.30. The number of nitrogens with zero attached hydrogens (tertiary/aromatic N) is 1. The molecular formula is C12H24N2O2. The van der Waals surface area contributed by atoms with E-state index in [1.54, 1.807) is 11.9 Å². The fraction of sp³-hybridized carbons (Fsp3) is 0.917. The minimum Gasteiger partial charge on any atom is -0.388 e. The van der Waals surface area contributed by atoms with Gasteiger partial charge in [0.2, 0.25) is 5.91 Å². The third-order valence-electron chi connectivity index (χ3n) is 3.45. The number of hydrogen-bond donors (Lipinski definition) is 2. The van der Waals surface area contributed by atoms with Crippen LogP contribution in [0.25, 0.3) is 0 Å². The molecule has 0 aromatic rings. The number of rotatable bonds is 4. The number of carbonyl (C=O) groups excluding carboxylic acids is 1. The van der Waals surface area contributed by atoms with Crippen LogP contribution in [-0.2, 0) is 4.79 Å². The Morgan fingerprint density at radius 3 is 2.38 bits per heavy atom. The van der Waals surface area contributed by atoms with Crippen LogP contribution in [0.2, 0.25) is 0 Å². The SMILES string of the molecule is CC(C)[C@@H](N)C(=O)N(C)CC1(O)CCCC1. The Kier molecular flexibility index (Phi) is 4.33. The monoisotopic (exact) mass is 228 g/mol. The maximum absolute atomic E-state index is 11.9. The van der Waals surface area contributed by atoms with Gasteiger partial charge in [-0.3, -0.25) is 4.79 Å². The zero-order valence-electron chi connectivity index (χ0n) is 10.6. The lowest BCUT2D eigenvalue weighted by Gasteiger charge is -2.31. The van der Waals surface area contributed by atoms with Crippen molar-refractivity contribution in [2.45, 2.75) is 51.2 Å². The molecule has 0 unspecified atom stereocenters. The maximum Gasteiger partial charge on any atom is 0.239 e. The third-order valence-corrected chi connectivity index (χ3v) is 3.45. The van der Waals surface area contributed by atoms with Crippen LogP contribution in [0.3, 0.4) is 0 Å². The summed E-state index contributed by atoms with van der Waals surface area (Å²) in [5, 5.41) is 10.2. The van der Waals surface area contributed by atoms with Gasteiger partial charge in [-0.25, -0.2) is 0 Å². The molecule has 0 aromatic heterocycles. The van der Waals surface area contributed by atoms with Gasteiger partial charge >= 0.3 is 0 Å². The Bertz CT molecular complexity index is 247. The highest BCUT2D eigenvalue weighted by Gasteiger charge is 2.34. The summed E-state index contributed by atoms with van der Waals surface area (Å²) in [5.41, 5.74) is 5.13. The lowest BCUT2D eigenvalue weighted by molar-refractivity contribution is -0.135. The van der Waals surface area contributed by atoms with Crippen molar-refractivity contribution in [2.75, 3.05) is 13.6 Å². The number of aliphatic hydroxyl groups is 1. The normalized spacial score (nSPS) is 21.1. The summed E-state index contributed by atoms with van der Waals surface area (Å²) in [6, 6.07) is -0.463. The second-order valence-electron chi connectivity index (χ2n) is 5.40. The van der Waals surface area contributed by atoms with Crippen molar-refractivity contribution in [1.82, 2.24) is 4.90 Å².